The standard InChI is InChI=1S/C17H26N6O/c1-5-12(2)23-16(6-8-19-23)20-17(24)13(3)22-9-7-15-14(10-22)18-11-21(15)4/h6,8,11-13H,5,7,9-10H2,1-4H3,(H,20,24)/t12-,13+/m0/s1. The fourth-order valence-electron chi connectivity index (χ4n) is 3.14. The van der Waals surface area contributed by atoms with E-state index in [2.05, 4.69) is 38.7 Å². The number of anilines is 1. The molecule has 1 N–H and O–H groups in total. The van der Waals surface area contributed by atoms with Crippen LogP contribution in [0.5, 0.6) is 0 Å². The highest BCUT2D eigenvalue weighted by molar-refractivity contribution is 5.93. The van der Waals surface area contributed by atoms with Gasteiger partial charge in [-0.15, -0.1) is 0 Å². The summed E-state index contributed by atoms with van der Waals surface area (Å²) >= 11 is 0. The molecule has 24 heavy (non-hydrogen) atoms. The average Bonchev–Trinajstić information content (AvgIpc) is 3.20. The molecule has 0 fully saturated rings. The van der Waals surface area contributed by atoms with Crippen molar-refractivity contribution in [3.63, 3.8) is 0 Å². The number of aryl methyl sites for hydroxylation is 1. The Morgan fingerprint density at radius 2 is 2.21 bits per heavy atom. The minimum atomic E-state index is -0.208. The molecular formula is C17H26N6O. The summed E-state index contributed by atoms with van der Waals surface area (Å²) in [7, 11) is 2.02. The SMILES string of the molecule is CC[C@H](C)n1nccc1NC(=O)[C@@H](C)N1CCc2c(ncn2C)C1. The largest absolute Gasteiger partial charge is 0.337 e. The molecule has 0 bridgehead atoms. The van der Waals surface area contributed by atoms with Gasteiger partial charge in [-0.3, -0.25) is 9.69 Å². The Morgan fingerprint density at radius 1 is 1.42 bits per heavy atom. The molecule has 3 rings (SSSR count). The summed E-state index contributed by atoms with van der Waals surface area (Å²) in [5.74, 6) is 0.760. The molecule has 2 aromatic rings. The Kier molecular flexibility index (Phi) is 4.71. The highest BCUT2D eigenvalue weighted by Crippen LogP contribution is 2.21. The molecule has 0 radical (unpaired) electrons. The van der Waals surface area contributed by atoms with Crippen LogP contribution >= 0.6 is 0 Å². The molecule has 7 heteroatoms. The van der Waals surface area contributed by atoms with Gasteiger partial charge in [-0.2, -0.15) is 5.10 Å². The van der Waals surface area contributed by atoms with E-state index < -0.39 is 0 Å². The third-order valence-electron chi connectivity index (χ3n) is 4.99. The summed E-state index contributed by atoms with van der Waals surface area (Å²) in [4.78, 5) is 19.3. The molecule has 2 aromatic heterocycles. The number of fused-ring (bicyclic) bond motifs is 1. The van der Waals surface area contributed by atoms with Crippen LogP contribution < -0.4 is 5.32 Å². The van der Waals surface area contributed by atoms with Crippen LogP contribution in [-0.2, 0) is 24.8 Å². The minimum absolute atomic E-state index is 0.000524. The van der Waals surface area contributed by atoms with Gasteiger partial charge in [0.25, 0.3) is 0 Å². The van der Waals surface area contributed by atoms with E-state index in [0.717, 1.165) is 37.4 Å². The third-order valence-corrected chi connectivity index (χ3v) is 4.99. The molecule has 1 amide bonds. The maximum absolute atomic E-state index is 12.7. The molecule has 7 nitrogen and oxygen atoms in total. The molecule has 0 saturated carbocycles. The molecule has 1 aliphatic heterocycles. The smallest absolute Gasteiger partial charge is 0.242 e. The van der Waals surface area contributed by atoms with Crippen molar-refractivity contribution in [2.75, 3.05) is 11.9 Å². The summed E-state index contributed by atoms with van der Waals surface area (Å²) in [5, 5.41) is 7.35. The van der Waals surface area contributed by atoms with Gasteiger partial charge in [-0.05, 0) is 20.3 Å². The predicted molar refractivity (Wildman–Crippen MR) is 92.6 cm³/mol. The Bertz CT molecular complexity index is 718. The highest BCUT2D eigenvalue weighted by Gasteiger charge is 2.28. The molecule has 1 aliphatic rings. The molecule has 2 atom stereocenters. The number of rotatable bonds is 5. The Labute approximate surface area is 142 Å². The fraction of sp³-hybridized carbons (Fsp3) is 0.588. The van der Waals surface area contributed by atoms with Crippen molar-refractivity contribution in [2.45, 2.75) is 52.2 Å². The lowest BCUT2D eigenvalue weighted by Crippen LogP contribution is -2.45. The van der Waals surface area contributed by atoms with E-state index >= 15 is 0 Å². The summed E-state index contributed by atoms with van der Waals surface area (Å²) in [6.45, 7) is 7.74. The summed E-state index contributed by atoms with van der Waals surface area (Å²) in [5.41, 5.74) is 2.35. The van der Waals surface area contributed by atoms with Gasteiger partial charge in [-0.25, -0.2) is 9.67 Å². The normalized spacial score (nSPS) is 17.3. The number of amides is 1. The number of aromatic nitrogens is 4. The zero-order chi connectivity index (χ0) is 17.3. The molecule has 0 unspecified atom stereocenters. The number of carbonyl (C=O) groups excluding carboxylic acids is 1. The average molecular weight is 330 g/mol. The number of nitrogens with zero attached hydrogens (tertiary/aromatic N) is 5. The first kappa shape index (κ1) is 16.7. The second-order valence-corrected chi connectivity index (χ2v) is 6.55. The maximum atomic E-state index is 12.7. The highest BCUT2D eigenvalue weighted by atomic mass is 16.2. The lowest BCUT2D eigenvalue weighted by atomic mass is 10.1. The molecule has 0 aliphatic carbocycles. The Balaban J connectivity index is 1.67. The van der Waals surface area contributed by atoms with Crippen molar-refractivity contribution in [1.82, 2.24) is 24.2 Å². The van der Waals surface area contributed by atoms with E-state index in [1.165, 1.54) is 5.69 Å². The van der Waals surface area contributed by atoms with Crippen LogP contribution in [0.15, 0.2) is 18.6 Å². The number of nitrogens with one attached hydrogen (secondary N) is 1. The number of carbonyl (C=O) groups is 1. The number of hydrogen-bond acceptors (Lipinski definition) is 4. The van der Waals surface area contributed by atoms with E-state index in [4.69, 9.17) is 0 Å². The minimum Gasteiger partial charge on any atom is -0.337 e. The van der Waals surface area contributed by atoms with Crippen molar-refractivity contribution in [3.05, 3.63) is 30.0 Å². The Morgan fingerprint density at radius 3 is 2.96 bits per heavy atom. The van der Waals surface area contributed by atoms with E-state index in [1.807, 2.05) is 31.0 Å². The fourth-order valence-corrected chi connectivity index (χ4v) is 3.14. The summed E-state index contributed by atoms with van der Waals surface area (Å²) in [6, 6.07) is 1.90. The third kappa shape index (κ3) is 3.08. The number of imidazole rings is 1. The van der Waals surface area contributed by atoms with Crippen molar-refractivity contribution in [1.29, 1.82) is 0 Å². The van der Waals surface area contributed by atoms with E-state index in [9.17, 15) is 4.79 Å². The maximum Gasteiger partial charge on any atom is 0.242 e. The van der Waals surface area contributed by atoms with E-state index in [0.29, 0.717) is 0 Å². The number of hydrogen-bond donors (Lipinski definition) is 1. The molecule has 3 heterocycles. The van der Waals surface area contributed by atoms with Gasteiger partial charge in [0.05, 0.1) is 30.3 Å². The predicted octanol–water partition coefficient (Wildman–Crippen LogP) is 1.97. The van der Waals surface area contributed by atoms with Gasteiger partial charge in [-0.1, -0.05) is 6.92 Å². The molecule has 0 saturated heterocycles. The van der Waals surface area contributed by atoms with Gasteiger partial charge < -0.3 is 9.88 Å². The van der Waals surface area contributed by atoms with Crippen LogP contribution in [0.3, 0.4) is 0 Å². The van der Waals surface area contributed by atoms with Crippen LogP contribution in [-0.4, -0.2) is 42.7 Å². The topological polar surface area (TPSA) is 68.0 Å². The van der Waals surface area contributed by atoms with Crippen molar-refractivity contribution in [2.24, 2.45) is 7.05 Å². The van der Waals surface area contributed by atoms with Crippen molar-refractivity contribution in [3.8, 4) is 0 Å². The van der Waals surface area contributed by atoms with E-state index in [1.54, 1.807) is 6.20 Å². The second-order valence-electron chi connectivity index (χ2n) is 6.55. The first-order valence-electron chi connectivity index (χ1n) is 8.58. The summed E-state index contributed by atoms with van der Waals surface area (Å²) < 4.78 is 3.94. The van der Waals surface area contributed by atoms with Crippen molar-refractivity contribution >= 4 is 11.7 Å². The molecule has 0 spiro atoms. The second kappa shape index (κ2) is 6.76. The Hall–Kier alpha value is -2.15. The van der Waals surface area contributed by atoms with Gasteiger partial charge in [0.2, 0.25) is 5.91 Å². The first-order chi connectivity index (χ1) is 11.5. The van der Waals surface area contributed by atoms with Crippen LogP contribution in [0, 0.1) is 0 Å². The molecule has 0 aromatic carbocycles. The van der Waals surface area contributed by atoms with Gasteiger partial charge >= 0.3 is 0 Å². The molecular weight excluding hydrogens is 304 g/mol. The molecule has 130 valence electrons. The van der Waals surface area contributed by atoms with Crippen LogP contribution in [0.4, 0.5) is 5.82 Å². The lowest BCUT2D eigenvalue weighted by Gasteiger charge is -2.31. The monoisotopic (exact) mass is 330 g/mol. The van der Waals surface area contributed by atoms with Gasteiger partial charge in [0.1, 0.15) is 5.82 Å². The van der Waals surface area contributed by atoms with E-state index in [-0.39, 0.29) is 18.0 Å². The first-order valence-corrected chi connectivity index (χ1v) is 8.58. The van der Waals surface area contributed by atoms with Gasteiger partial charge in [0, 0.05) is 38.3 Å². The van der Waals surface area contributed by atoms with Crippen LogP contribution in [0.25, 0.3) is 0 Å². The van der Waals surface area contributed by atoms with Gasteiger partial charge in [0.15, 0.2) is 0 Å². The lowest BCUT2D eigenvalue weighted by molar-refractivity contribution is -0.121. The zero-order valence-electron chi connectivity index (χ0n) is 14.9. The summed E-state index contributed by atoms with van der Waals surface area (Å²) in [6.07, 6.45) is 5.47. The quantitative estimate of drug-likeness (QED) is 0.910. The van der Waals surface area contributed by atoms with Crippen molar-refractivity contribution < 1.29 is 4.79 Å². The zero-order valence-corrected chi connectivity index (χ0v) is 14.9. The van der Waals surface area contributed by atoms with Crippen LogP contribution in [0.2, 0.25) is 0 Å². The van der Waals surface area contributed by atoms with Crippen LogP contribution in [0.1, 0.15) is 44.6 Å².